The van der Waals surface area contributed by atoms with E-state index in [9.17, 15) is 0 Å². The van der Waals surface area contributed by atoms with Gasteiger partial charge in [-0.15, -0.1) is 0 Å². The second-order valence-corrected chi connectivity index (χ2v) is 7.55. The third-order valence-corrected chi connectivity index (χ3v) is 5.34. The fourth-order valence-corrected chi connectivity index (χ4v) is 3.67. The molecule has 2 aromatic carbocycles. The second-order valence-electron chi connectivity index (χ2n) is 7.55. The number of nitrogens with two attached hydrogens (primary N) is 1. The number of ether oxygens (including phenoxy) is 1. The molecule has 0 spiro atoms. The fraction of sp³-hybridized carbons (Fsp3) is 0.125. The van der Waals surface area contributed by atoms with Crippen molar-refractivity contribution in [2.24, 2.45) is 12.8 Å². The average Bonchev–Trinajstić information content (AvgIpc) is 3.52. The Hall–Kier alpha value is -4.33. The first-order valence-corrected chi connectivity index (χ1v) is 10.1. The topological polar surface area (TPSA) is 108 Å². The van der Waals surface area contributed by atoms with Crippen LogP contribution in [-0.4, -0.2) is 25.2 Å². The number of aryl methyl sites for hydroxylation is 2. The van der Waals surface area contributed by atoms with E-state index in [0.717, 1.165) is 39.7 Å². The molecule has 0 amide bonds. The molecule has 0 saturated heterocycles. The molecule has 0 aliphatic rings. The number of imidazole rings is 1. The molecule has 5 aromatic rings. The Balaban J connectivity index is 1.43. The maximum atomic E-state index is 7.48. The summed E-state index contributed by atoms with van der Waals surface area (Å²) in [6.45, 7) is 2.28. The molecular formula is C24H22N6O2. The zero-order valence-corrected chi connectivity index (χ0v) is 17.7. The summed E-state index contributed by atoms with van der Waals surface area (Å²) in [5.41, 5.74) is 10.7. The number of nitrogen functional groups attached to an aromatic ring is 1. The monoisotopic (exact) mass is 426 g/mol. The predicted octanol–water partition coefficient (Wildman–Crippen LogP) is 4.19. The highest BCUT2D eigenvalue weighted by atomic mass is 16.5. The molecule has 0 fully saturated rings. The van der Waals surface area contributed by atoms with E-state index in [4.69, 9.17) is 25.3 Å². The van der Waals surface area contributed by atoms with E-state index in [1.165, 1.54) is 0 Å². The molecule has 0 radical (unpaired) electrons. The van der Waals surface area contributed by atoms with E-state index in [1.54, 1.807) is 30.5 Å². The molecule has 0 bridgehead atoms. The number of fused-ring (bicyclic) bond motifs is 1. The molecule has 32 heavy (non-hydrogen) atoms. The van der Waals surface area contributed by atoms with Crippen LogP contribution >= 0.6 is 0 Å². The third-order valence-electron chi connectivity index (χ3n) is 5.34. The molecule has 8 heteroatoms. The summed E-state index contributed by atoms with van der Waals surface area (Å²) in [4.78, 5) is 4.78. The smallest absolute Gasteiger partial charge is 0.152 e. The van der Waals surface area contributed by atoms with Crippen molar-refractivity contribution in [1.29, 1.82) is 5.41 Å². The summed E-state index contributed by atoms with van der Waals surface area (Å²) in [6.07, 6.45) is 1.66. The van der Waals surface area contributed by atoms with Crippen LogP contribution in [0.5, 0.6) is 5.75 Å². The van der Waals surface area contributed by atoms with Crippen molar-refractivity contribution in [3.05, 3.63) is 84.0 Å². The first kappa shape index (κ1) is 19.6. The lowest BCUT2D eigenvalue weighted by Crippen LogP contribution is -2.10. The van der Waals surface area contributed by atoms with Gasteiger partial charge >= 0.3 is 0 Å². The Morgan fingerprint density at radius 1 is 1.12 bits per heavy atom. The number of nitrogens with zero attached hydrogens (tertiary/aromatic N) is 4. The van der Waals surface area contributed by atoms with Gasteiger partial charge in [0, 0.05) is 12.6 Å². The van der Waals surface area contributed by atoms with E-state index in [2.05, 4.69) is 5.10 Å². The quantitative estimate of drug-likeness (QED) is 0.313. The van der Waals surface area contributed by atoms with E-state index < -0.39 is 0 Å². The minimum absolute atomic E-state index is 0.0327. The third kappa shape index (κ3) is 3.51. The molecule has 0 aliphatic carbocycles. The van der Waals surface area contributed by atoms with Crippen molar-refractivity contribution in [3.63, 3.8) is 0 Å². The van der Waals surface area contributed by atoms with Gasteiger partial charge in [0.1, 0.15) is 29.7 Å². The van der Waals surface area contributed by atoms with Crippen molar-refractivity contribution >= 4 is 16.9 Å². The standard InChI is InChI=1S/C24H22N6O2/c1-15-12-21(22-4-3-11-31-22)30(28-15)17-7-10-20-19(13-17)27-23(29(20)2)14-32-18-8-5-16(6-9-18)24(25)26/h3-13H,14H2,1-2H3,(H3,25,26). The normalized spacial score (nSPS) is 11.2. The van der Waals surface area contributed by atoms with Gasteiger partial charge < -0.3 is 19.5 Å². The van der Waals surface area contributed by atoms with E-state index in [0.29, 0.717) is 17.9 Å². The van der Waals surface area contributed by atoms with Crippen LogP contribution in [0.1, 0.15) is 17.1 Å². The molecule has 0 saturated carbocycles. The lowest BCUT2D eigenvalue weighted by Gasteiger charge is -2.07. The maximum absolute atomic E-state index is 7.48. The number of hydrogen-bond donors (Lipinski definition) is 2. The average molecular weight is 426 g/mol. The maximum Gasteiger partial charge on any atom is 0.152 e. The van der Waals surface area contributed by atoms with Crippen LogP contribution < -0.4 is 10.5 Å². The molecule has 3 N–H and O–H groups in total. The van der Waals surface area contributed by atoms with Crippen LogP contribution in [0.3, 0.4) is 0 Å². The van der Waals surface area contributed by atoms with Crippen molar-refractivity contribution in [2.45, 2.75) is 13.5 Å². The van der Waals surface area contributed by atoms with Crippen LogP contribution in [0.15, 0.2) is 71.3 Å². The lowest BCUT2D eigenvalue weighted by molar-refractivity contribution is 0.292. The summed E-state index contributed by atoms with van der Waals surface area (Å²) in [5.74, 6) is 2.29. The first-order valence-electron chi connectivity index (χ1n) is 10.1. The van der Waals surface area contributed by atoms with Crippen LogP contribution in [-0.2, 0) is 13.7 Å². The Bertz CT molecular complexity index is 1410. The summed E-state index contributed by atoms with van der Waals surface area (Å²) in [6, 6.07) is 19.0. The van der Waals surface area contributed by atoms with E-state index in [-0.39, 0.29) is 5.84 Å². The SMILES string of the molecule is Cc1cc(-c2ccco2)n(-c2ccc3c(c2)nc(COc2ccc(C(=N)N)cc2)n3C)n1. The first-order chi connectivity index (χ1) is 15.5. The Morgan fingerprint density at radius 3 is 2.66 bits per heavy atom. The summed E-state index contributed by atoms with van der Waals surface area (Å²) >= 11 is 0. The molecule has 160 valence electrons. The summed E-state index contributed by atoms with van der Waals surface area (Å²) < 4.78 is 15.4. The molecule has 3 aromatic heterocycles. The molecule has 0 unspecified atom stereocenters. The van der Waals surface area contributed by atoms with Crippen molar-refractivity contribution in [2.75, 3.05) is 0 Å². The van der Waals surface area contributed by atoms with Crippen LogP contribution in [0, 0.1) is 12.3 Å². The van der Waals surface area contributed by atoms with Gasteiger partial charge in [-0.05, 0) is 67.6 Å². The molecule has 0 atom stereocenters. The van der Waals surface area contributed by atoms with Crippen molar-refractivity contribution in [1.82, 2.24) is 19.3 Å². The van der Waals surface area contributed by atoms with Crippen molar-refractivity contribution < 1.29 is 9.15 Å². The van der Waals surface area contributed by atoms with Gasteiger partial charge in [0.2, 0.25) is 0 Å². The number of benzene rings is 2. The van der Waals surface area contributed by atoms with Crippen LogP contribution in [0.25, 0.3) is 28.2 Å². The molecule has 8 nitrogen and oxygen atoms in total. The molecule has 5 rings (SSSR count). The number of nitrogens with one attached hydrogen (secondary N) is 1. The number of rotatable bonds is 6. The number of hydrogen-bond acceptors (Lipinski definition) is 5. The molecule has 0 aliphatic heterocycles. The number of aromatic nitrogens is 4. The fourth-order valence-electron chi connectivity index (χ4n) is 3.67. The van der Waals surface area contributed by atoms with Gasteiger partial charge in [0.25, 0.3) is 0 Å². The van der Waals surface area contributed by atoms with E-state index >= 15 is 0 Å². The molecule has 3 heterocycles. The second kappa shape index (κ2) is 7.73. The largest absolute Gasteiger partial charge is 0.486 e. The highest BCUT2D eigenvalue weighted by Crippen LogP contribution is 2.26. The number of amidine groups is 1. The predicted molar refractivity (Wildman–Crippen MR) is 122 cm³/mol. The number of furan rings is 1. The van der Waals surface area contributed by atoms with Gasteiger partial charge in [-0.1, -0.05) is 0 Å². The minimum atomic E-state index is 0.0327. The van der Waals surface area contributed by atoms with Gasteiger partial charge in [-0.3, -0.25) is 5.41 Å². The Labute approximate surface area is 184 Å². The molecular weight excluding hydrogens is 404 g/mol. The summed E-state index contributed by atoms with van der Waals surface area (Å²) in [7, 11) is 1.97. The van der Waals surface area contributed by atoms with Gasteiger partial charge in [0.05, 0.1) is 28.7 Å². The highest BCUT2D eigenvalue weighted by molar-refractivity contribution is 5.94. The van der Waals surface area contributed by atoms with Gasteiger partial charge in [0.15, 0.2) is 5.76 Å². The Morgan fingerprint density at radius 2 is 1.94 bits per heavy atom. The van der Waals surface area contributed by atoms with E-state index in [1.807, 2.05) is 59.6 Å². The van der Waals surface area contributed by atoms with Crippen LogP contribution in [0.4, 0.5) is 0 Å². The minimum Gasteiger partial charge on any atom is -0.486 e. The van der Waals surface area contributed by atoms with Gasteiger partial charge in [-0.25, -0.2) is 9.67 Å². The van der Waals surface area contributed by atoms with Crippen molar-refractivity contribution in [3.8, 4) is 22.9 Å². The van der Waals surface area contributed by atoms with Gasteiger partial charge in [-0.2, -0.15) is 5.10 Å². The summed E-state index contributed by atoms with van der Waals surface area (Å²) in [5, 5.41) is 12.1. The highest BCUT2D eigenvalue weighted by Gasteiger charge is 2.15. The zero-order chi connectivity index (χ0) is 22.2. The van der Waals surface area contributed by atoms with Crippen LogP contribution in [0.2, 0.25) is 0 Å². The zero-order valence-electron chi connectivity index (χ0n) is 17.7. The Kier molecular flexibility index (Phi) is 4.74. The lowest BCUT2D eigenvalue weighted by atomic mass is 10.2.